The Morgan fingerprint density at radius 1 is 1.00 bits per heavy atom. The number of nitrogens with one attached hydrogen (secondary N) is 1. The van der Waals surface area contributed by atoms with Gasteiger partial charge < -0.3 is 15.0 Å². The molecule has 158 valence electrons. The van der Waals surface area contributed by atoms with Gasteiger partial charge in [-0.3, -0.25) is 9.59 Å². The third kappa shape index (κ3) is 5.41. The summed E-state index contributed by atoms with van der Waals surface area (Å²) in [6.07, 6.45) is 4.70. The molecule has 30 heavy (non-hydrogen) atoms. The van der Waals surface area contributed by atoms with Crippen LogP contribution in [0.4, 0.5) is 0 Å². The Kier molecular flexibility index (Phi) is 6.36. The molecular weight excluding hydrogens is 376 g/mol. The lowest BCUT2D eigenvalue weighted by Gasteiger charge is -2.33. The fraction of sp³-hybridized carbons (Fsp3) is 0.440. The minimum absolute atomic E-state index is 0.0303. The maximum absolute atomic E-state index is 12.7. The van der Waals surface area contributed by atoms with Gasteiger partial charge in [-0.05, 0) is 74.8 Å². The molecule has 1 atom stereocenters. The second kappa shape index (κ2) is 9.33. The zero-order valence-electron chi connectivity index (χ0n) is 17.5. The highest BCUT2D eigenvalue weighted by Crippen LogP contribution is 2.24. The van der Waals surface area contributed by atoms with Crippen LogP contribution in [0.1, 0.15) is 48.5 Å². The van der Waals surface area contributed by atoms with Crippen LogP contribution in [0, 0.1) is 5.92 Å². The summed E-state index contributed by atoms with van der Waals surface area (Å²) in [5.74, 6) is 1.37. The topological polar surface area (TPSA) is 58.6 Å². The first-order valence-corrected chi connectivity index (χ1v) is 11.0. The monoisotopic (exact) mass is 406 g/mol. The summed E-state index contributed by atoms with van der Waals surface area (Å²) in [6.45, 7) is 3.37. The van der Waals surface area contributed by atoms with Crippen LogP contribution in [-0.2, 0) is 11.2 Å². The molecular formula is C25H30N2O3. The normalized spacial score (nSPS) is 18.0. The first-order valence-electron chi connectivity index (χ1n) is 11.0. The molecule has 2 aliphatic rings. The number of piperidine rings is 1. The lowest BCUT2D eigenvalue weighted by atomic mass is 9.89. The van der Waals surface area contributed by atoms with Crippen LogP contribution >= 0.6 is 0 Å². The highest BCUT2D eigenvalue weighted by molar-refractivity contribution is 5.94. The van der Waals surface area contributed by atoms with Crippen LogP contribution in [0.2, 0.25) is 0 Å². The molecule has 2 fully saturated rings. The zero-order chi connectivity index (χ0) is 20.9. The van der Waals surface area contributed by atoms with E-state index < -0.39 is 6.10 Å². The Hall–Kier alpha value is -2.82. The molecule has 1 aliphatic carbocycles. The number of para-hydroxylation sites is 1. The maximum Gasteiger partial charge on any atom is 0.263 e. The van der Waals surface area contributed by atoms with Gasteiger partial charge in [-0.1, -0.05) is 30.3 Å². The Balaban J connectivity index is 1.23. The average molecular weight is 407 g/mol. The Bertz CT molecular complexity index is 854. The molecule has 2 aromatic rings. The van der Waals surface area contributed by atoms with Gasteiger partial charge in [0.15, 0.2) is 6.10 Å². The van der Waals surface area contributed by atoms with E-state index in [4.69, 9.17) is 4.74 Å². The van der Waals surface area contributed by atoms with Gasteiger partial charge in [0, 0.05) is 24.7 Å². The van der Waals surface area contributed by atoms with Crippen molar-refractivity contribution in [2.24, 2.45) is 5.92 Å². The zero-order valence-corrected chi connectivity index (χ0v) is 17.5. The van der Waals surface area contributed by atoms with Gasteiger partial charge in [-0.15, -0.1) is 0 Å². The molecule has 0 radical (unpaired) electrons. The van der Waals surface area contributed by atoms with Crippen LogP contribution < -0.4 is 10.1 Å². The Morgan fingerprint density at radius 2 is 1.67 bits per heavy atom. The first-order chi connectivity index (χ1) is 14.6. The van der Waals surface area contributed by atoms with Crippen molar-refractivity contribution in [3.8, 4) is 5.75 Å². The molecule has 2 aromatic carbocycles. The SMILES string of the molecule is CC(Oc1ccccc1)C(=O)N1CCC(Cc2ccc(C(=O)NC3CC3)cc2)CC1. The molecule has 5 heteroatoms. The summed E-state index contributed by atoms with van der Waals surface area (Å²) >= 11 is 0. The van der Waals surface area contributed by atoms with E-state index in [2.05, 4.69) is 17.4 Å². The largest absolute Gasteiger partial charge is 0.481 e. The summed E-state index contributed by atoms with van der Waals surface area (Å²) in [6, 6.07) is 17.8. The first kappa shape index (κ1) is 20.5. The molecule has 1 saturated heterocycles. The second-order valence-corrected chi connectivity index (χ2v) is 8.49. The predicted molar refractivity (Wildman–Crippen MR) is 116 cm³/mol. The number of likely N-dealkylation sites (tertiary alicyclic amines) is 1. The van der Waals surface area contributed by atoms with Crippen molar-refractivity contribution in [1.29, 1.82) is 0 Å². The van der Waals surface area contributed by atoms with Crippen molar-refractivity contribution in [3.05, 3.63) is 65.7 Å². The van der Waals surface area contributed by atoms with E-state index in [0.29, 0.717) is 12.0 Å². The summed E-state index contributed by atoms with van der Waals surface area (Å²) in [5, 5.41) is 3.02. The molecule has 1 heterocycles. The van der Waals surface area contributed by atoms with Crippen molar-refractivity contribution in [2.45, 2.75) is 51.2 Å². The van der Waals surface area contributed by atoms with Gasteiger partial charge in [-0.25, -0.2) is 0 Å². The maximum atomic E-state index is 12.7. The number of hydrogen-bond acceptors (Lipinski definition) is 3. The Labute approximate surface area is 178 Å². The summed E-state index contributed by atoms with van der Waals surface area (Å²) < 4.78 is 5.79. The van der Waals surface area contributed by atoms with E-state index >= 15 is 0 Å². The van der Waals surface area contributed by atoms with Crippen LogP contribution in [0.3, 0.4) is 0 Å². The van der Waals surface area contributed by atoms with E-state index in [1.165, 1.54) is 5.56 Å². The van der Waals surface area contributed by atoms with E-state index in [1.54, 1.807) is 0 Å². The van der Waals surface area contributed by atoms with Gasteiger partial charge in [0.25, 0.3) is 11.8 Å². The molecule has 0 aromatic heterocycles. The van der Waals surface area contributed by atoms with E-state index in [1.807, 2.05) is 54.3 Å². The minimum Gasteiger partial charge on any atom is -0.481 e. The highest BCUT2D eigenvalue weighted by atomic mass is 16.5. The number of ether oxygens (including phenoxy) is 1. The van der Waals surface area contributed by atoms with Crippen molar-refractivity contribution in [1.82, 2.24) is 10.2 Å². The molecule has 2 amide bonds. The van der Waals surface area contributed by atoms with Crippen molar-refractivity contribution >= 4 is 11.8 Å². The number of carbonyl (C=O) groups is 2. The van der Waals surface area contributed by atoms with Crippen LogP contribution in [0.5, 0.6) is 5.75 Å². The van der Waals surface area contributed by atoms with E-state index in [9.17, 15) is 9.59 Å². The smallest absolute Gasteiger partial charge is 0.263 e. The van der Waals surface area contributed by atoms with Crippen LogP contribution in [0.25, 0.3) is 0 Å². The number of nitrogens with zero attached hydrogens (tertiary/aromatic N) is 1. The van der Waals surface area contributed by atoms with E-state index in [0.717, 1.165) is 56.5 Å². The van der Waals surface area contributed by atoms with Gasteiger partial charge in [0.1, 0.15) is 5.75 Å². The molecule has 1 N–H and O–H groups in total. The second-order valence-electron chi connectivity index (χ2n) is 8.49. The molecule has 4 rings (SSSR count). The van der Waals surface area contributed by atoms with Gasteiger partial charge >= 0.3 is 0 Å². The fourth-order valence-electron chi connectivity index (χ4n) is 3.99. The van der Waals surface area contributed by atoms with Crippen LogP contribution in [0.15, 0.2) is 54.6 Å². The molecule has 1 aliphatic heterocycles. The number of rotatable bonds is 7. The molecule has 0 bridgehead atoms. The molecule has 5 nitrogen and oxygen atoms in total. The molecule has 1 unspecified atom stereocenters. The quantitative estimate of drug-likeness (QED) is 0.760. The lowest BCUT2D eigenvalue weighted by Crippen LogP contribution is -2.45. The number of amides is 2. The summed E-state index contributed by atoms with van der Waals surface area (Å²) in [5.41, 5.74) is 1.99. The minimum atomic E-state index is -0.474. The van der Waals surface area contributed by atoms with Crippen molar-refractivity contribution in [3.63, 3.8) is 0 Å². The molecule has 1 saturated carbocycles. The Morgan fingerprint density at radius 3 is 2.30 bits per heavy atom. The van der Waals surface area contributed by atoms with Gasteiger partial charge in [0.05, 0.1) is 0 Å². The standard InChI is InChI=1S/C25H30N2O3/c1-18(30-23-5-3-2-4-6-23)25(29)27-15-13-20(14-16-27)17-19-7-9-21(10-8-19)24(28)26-22-11-12-22/h2-10,18,20,22H,11-17H2,1H3,(H,26,28). The fourth-order valence-corrected chi connectivity index (χ4v) is 3.99. The predicted octanol–water partition coefficient (Wildman–Crippen LogP) is 3.83. The van der Waals surface area contributed by atoms with Gasteiger partial charge in [-0.2, -0.15) is 0 Å². The van der Waals surface area contributed by atoms with Crippen LogP contribution in [-0.4, -0.2) is 41.9 Å². The van der Waals surface area contributed by atoms with Gasteiger partial charge in [0.2, 0.25) is 0 Å². The summed E-state index contributed by atoms with van der Waals surface area (Å²) in [7, 11) is 0. The van der Waals surface area contributed by atoms with Crippen molar-refractivity contribution in [2.75, 3.05) is 13.1 Å². The summed E-state index contributed by atoms with van der Waals surface area (Å²) in [4.78, 5) is 26.7. The highest BCUT2D eigenvalue weighted by Gasteiger charge is 2.27. The average Bonchev–Trinajstić information content (AvgIpc) is 3.59. The number of hydrogen-bond donors (Lipinski definition) is 1. The van der Waals surface area contributed by atoms with E-state index in [-0.39, 0.29) is 11.8 Å². The lowest BCUT2D eigenvalue weighted by molar-refractivity contribution is -0.139. The third-order valence-electron chi connectivity index (χ3n) is 5.98. The molecule has 0 spiro atoms. The number of carbonyl (C=O) groups excluding carboxylic acids is 2. The third-order valence-corrected chi connectivity index (χ3v) is 5.98. The number of benzene rings is 2. The van der Waals surface area contributed by atoms with Crippen molar-refractivity contribution < 1.29 is 14.3 Å².